The van der Waals surface area contributed by atoms with Gasteiger partial charge >= 0.3 is 0 Å². The molecule has 10 nitrogen and oxygen atoms in total. The number of sulfonamides is 1. The first-order valence-corrected chi connectivity index (χ1v) is 11.1. The third-order valence-corrected chi connectivity index (χ3v) is 6.12. The van der Waals surface area contributed by atoms with E-state index in [2.05, 4.69) is 20.2 Å². The van der Waals surface area contributed by atoms with E-state index in [1.807, 2.05) is 4.72 Å². The smallest absolute Gasteiger partial charge is 0.267 e. The van der Waals surface area contributed by atoms with Crippen molar-refractivity contribution in [3.05, 3.63) is 65.1 Å². The Morgan fingerprint density at radius 3 is 2.74 bits per heavy atom. The molecule has 3 aromatic heterocycles. The SMILES string of the molecule is COc1ncc(C#N)cc1S(=O)(=O)Nc1ccc(F)c(OCc2cnc3n[nH]c(C)c3c2)c1F. The predicted molar refractivity (Wildman–Crippen MR) is 116 cm³/mol. The molecule has 1 aromatic carbocycles. The summed E-state index contributed by atoms with van der Waals surface area (Å²) in [6.07, 6.45) is 2.58. The van der Waals surface area contributed by atoms with Crippen LogP contribution in [-0.2, 0) is 16.6 Å². The summed E-state index contributed by atoms with van der Waals surface area (Å²) >= 11 is 0. The van der Waals surface area contributed by atoms with Crippen LogP contribution in [0.25, 0.3) is 11.0 Å². The molecule has 0 radical (unpaired) electrons. The van der Waals surface area contributed by atoms with Gasteiger partial charge in [0.05, 0.1) is 18.4 Å². The number of ether oxygens (including phenoxy) is 2. The van der Waals surface area contributed by atoms with Crippen molar-refractivity contribution in [1.29, 1.82) is 5.26 Å². The Morgan fingerprint density at radius 2 is 2.00 bits per heavy atom. The van der Waals surface area contributed by atoms with Crippen molar-refractivity contribution in [2.24, 2.45) is 0 Å². The highest BCUT2D eigenvalue weighted by molar-refractivity contribution is 7.92. The first-order chi connectivity index (χ1) is 16.2. The fourth-order valence-corrected chi connectivity index (χ4v) is 4.28. The molecular weight excluding hydrogens is 470 g/mol. The van der Waals surface area contributed by atoms with Crippen molar-refractivity contribution in [2.75, 3.05) is 11.8 Å². The van der Waals surface area contributed by atoms with Crippen molar-refractivity contribution in [2.45, 2.75) is 18.4 Å². The van der Waals surface area contributed by atoms with E-state index < -0.39 is 38.0 Å². The lowest BCUT2D eigenvalue weighted by molar-refractivity contribution is 0.274. The summed E-state index contributed by atoms with van der Waals surface area (Å²) in [5, 5.41) is 16.6. The summed E-state index contributed by atoms with van der Waals surface area (Å²) in [5.41, 5.74) is 1.15. The lowest BCUT2D eigenvalue weighted by Crippen LogP contribution is -2.16. The summed E-state index contributed by atoms with van der Waals surface area (Å²) < 4.78 is 67.4. The maximum Gasteiger partial charge on any atom is 0.267 e. The number of benzene rings is 1. The van der Waals surface area contributed by atoms with Gasteiger partial charge in [-0.05, 0) is 31.2 Å². The molecule has 0 spiro atoms. The number of halogens is 2. The van der Waals surface area contributed by atoms with Crippen LogP contribution in [0.5, 0.6) is 11.6 Å². The maximum absolute atomic E-state index is 15.1. The quantitative estimate of drug-likeness (QED) is 0.405. The molecule has 0 atom stereocenters. The van der Waals surface area contributed by atoms with Crippen LogP contribution < -0.4 is 14.2 Å². The number of hydrogen-bond acceptors (Lipinski definition) is 8. The minimum Gasteiger partial charge on any atom is -0.483 e. The number of rotatable bonds is 7. The largest absolute Gasteiger partial charge is 0.483 e. The van der Waals surface area contributed by atoms with E-state index in [4.69, 9.17) is 14.7 Å². The fourth-order valence-electron chi connectivity index (χ4n) is 3.08. The highest BCUT2D eigenvalue weighted by atomic mass is 32.2. The summed E-state index contributed by atoms with van der Waals surface area (Å²) in [6, 6.07) is 6.27. The van der Waals surface area contributed by atoms with Gasteiger partial charge in [-0.25, -0.2) is 27.2 Å². The molecule has 0 aliphatic heterocycles. The number of fused-ring (bicyclic) bond motifs is 1. The molecule has 0 amide bonds. The number of nitriles is 1. The van der Waals surface area contributed by atoms with E-state index >= 15 is 4.39 Å². The monoisotopic (exact) mass is 486 g/mol. The van der Waals surface area contributed by atoms with Gasteiger partial charge in [0, 0.05) is 29.0 Å². The number of nitrogens with one attached hydrogen (secondary N) is 2. The molecular formula is C21H16F2N6O4S. The maximum atomic E-state index is 15.1. The zero-order valence-corrected chi connectivity index (χ0v) is 18.6. The number of methoxy groups -OCH3 is 1. The van der Waals surface area contributed by atoms with Crippen molar-refractivity contribution >= 4 is 26.7 Å². The number of aryl methyl sites for hydroxylation is 1. The molecule has 0 bridgehead atoms. The van der Waals surface area contributed by atoms with E-state index in [0.717, 1.165) is 35.5 Å². The molecule has 34 heavy (non-hydrogen) atoms. The van der Waals surface area contributed by atoms with E-state index in [1.165, 1.54) is 13.3 Å². The second-order valence-corrected chi connectivity index (χ2v) is 8.69. The Labute approximate surface area is 192 Å². The average molecular weight is 486 g/mol. The van der Waals surface area contributed by atoms with Gasteiger partial charge < -0.3 is 9.47 Å². The van der Waals surface area contributed by atoms with Crippen LogP contribution in [0.4, 0.5) is 14.5 Å². The van der Waals surface area contributed by atoms with Crippen molar-refractivity contribution in [3.8, 4) is 17.7 Å². The van der Waals surface area contributed by atoms with Gasteiger partial charge in [-0.2, -0.15) is 10.4 Å². The molecule has 0 unspecified atom stereocenters. The Balaban J connectivity index is 1.62. The summed E-state index contributed by atoms with van der Waals surface area (Å²) in [5.74, 6) is -3.37. The van der Waals surface area contributed by atoms with Gasteiger partial charge in [0.1, 0.15) is 12.7 Å². The van der Waals surface area contributed by atoms with Crippen LogP contribution in [-0.4, -0.2) is 35.7 Å². The number of anilines is 1. The van der Waals surface area contributed by atoms with E-state index in [0.29, 0.717) is 11.2 Å². The standard InChI is InChI=1S/C21H16F2N6O4S/c1-11-14-5-13(9-25-20(14)28-27-11)10-33-19-15(22)3-4-16(18(19)23)29-34(30,31)17-6-12(7-24)8-26-21(17)32-2/h3-6,8-9,29H,10H2,1-2H3,(H,25,27,28). The van der Waals surface area contributed by atoms with Crippen LogP contribution in [0.15, 0.2) is 41.6 Å². The molecule has 13 heteroatoms. The number of pyridine rings is 2. The van der Waals surface area contributed by atoms with Crippen LogP contribution >= 0.6 is 0 Å². The van der Waals surface area contributed by atoms with Crippen LogP contribution in [0.1, 0.15) is 16.8 Å². The molecule has 0 aliphatic carbocycles. The Kier molecular flexibility index (Phi) is 5.99. The average Bonchev–Trinajstić information content (AvgIpc) is 3.20. The van der Waals surface area contributed by atoms with Gasteiger partial charge in [-0.15, -0.1) is 0 Å². The van der Waals surface area contributed by atoms with E-state index in [-0.39, 0.29) is 18.1 Å². The van der Waals surface area contributed by atoms with Gasteiger partial charge in [0.2, 0.25) is 5.88 Å². The van der Waals surface area contributed by atoms with Gasteiger partial charge in [-0.3, -0.25) is 9.82 Å². The first kappa shape index (κ1) is 22.9. The van der Waals surface area contributed by atoms with Crippen LogP contribution in [0.2, 0.25) is 0 Å². The van der Waals surface area contributed by atoms with E-state index in [9.17, 15) is 12.8 Å². The van der Waals surface area contributed by atoms with Crippen molar-refractivity contribution < 1.29 is 26.7 Å². The molecule has 0 saturated carbocycles. The highest BCUT2D eigenvalue weighted by Crippen LogP contribution is 2.32. The second kappa shape index (κ2) is 8.91. The summed E-state index contributed by atoms with van der Waals surface area (Å²) in [6.45, 7) is 1.56. The number of hydrogen-bond donors (Lipinski definition) is 2. The third kappa shape index (κ3) is 4.30. The van der Waals surface area contributed by atoms with Gasteiger partial charge in [0.25, 0.3) is 10.0 Å². The van der Waals surface area contributed by atoms with Crippen LogP contribution in [0, 0.1) is 29.9 Å². The topological polar surface area (TPSA) is 143 Å². The predicted octanol–water partition coefficient (Wildman–Crippen LogP) is 3.20. The van der Waals surface area contributed by atoms with Crippen molar-refractivity contribution in [3.63, 3.8) is 0 Å². The Morgan fingerprint density at radius 1 is 1.21 bits per heavy atom. The minimum absolute atomic E-state index is 0.0526. The number of nitrogens with zero attached hydrogens (tertiary/aromatic N) is 4. The minimum atomic E-state index is -4.46. The van der Waals surface area contributed by atoms with Crippen LogP contribution in [0.3, 0.4) is 0 Å². The lowest BCUT2D eigenvalue weighted by atomic mass is 10.2. The normalized spacial score (nSPS) is 11.3. The van der Waals surface area contributed by atoms with Gasteiger partial charge in [0.15, 0.2) is 27.9 Å². The molecule has 3 heterocycles. The van der Waals surface area contributed by atoms with Crippen molar-refractivity contribution in [1.82, 2.24) is 20.2 Å². The molecule has 4 aromatic rings. The fraction of sp³-hybridized carbons (Fsp3) is 0.143. The molecule has 4 rings (SSSR count). The van der Waals surface area contributed by atoms with Gasteiger partial charge in [-0.1, -0.05) is 0 Å². The third-order valence-electron chi connectivity index (χ3n) is 4.76. The highest BCUT2D eigenvalue weighted by Gasteiger charge is 2.25. The lowest BCUT2D eigenvalue weighted by Gasteiger charge is -2.14. The second-order valence-electron chi connectivity index (χ2n) is 7.04. The molecule has 0 aliphatic rings. The number of aromatic amines is 1. The Bertz CT molecular complexity index is 1550. The summed E-state index contributed by atoms with van der Waals surface area (Å²) in [4.78, 5) is 7.42. The van der Waals surface area contributed by atoms with E-state index in [1.54, 1.807) is 19.1 Å². The molecule has 0 saturated heterocycles. The molecule has 2 N–H and O–H groups in total. The number of aromatic nitrogens is 4. The first-order valence-electron chi connectivity index (χ1n) is 9.61. The summed E-state index contributed by atoms with van der Waals surface area (Å²) in [7, 11) is -3.27. The molecule has 174 valence electrons. The Hall–Kier alpha value is -4.31. The zero-order valence-electron chi connectivity index (χ0n) is 17.8. The number of H-pyrrole nitrogens is 1. The zero-order chi connectivity index (χ0) is 24.5. The molecule has 0 fully saturated rings.